The van der Waals surface area contributed by atoms with Crippen LogP contribution < -0.4 is 15.4 Å². The number of hydrogen-bond acceptors (Lipinski definition) is 4. The molecule has 0 aliphatic carbocycles. The lowest BCUT2D eigenvalue weighted by Gasteiger charge is -2.10. The second-order valence-electron chi connectivity index (χ2n) is 6.64. The Balaban J connectivity index is 1.56. The molecule has 156 valence electrons. The van der Waals surface area contributed by atoms with Crippen molar-refractivity contribution in [3.05, 3.63) is 82.2 Å². The molecule has 3 rings (SSSR count). The number of benzene rings is 2. The summed E-state index contributed by atoms with van der Waals surface area (Å²) >= 11 is 3.45. The van der Waals surface area contributed by atoms with Crippen molar-refractivity contribution in [2.45, 2.75) is 26.3 Å². The van der Waals surface area contributed by atoms with Gasteiger partial charge in [0.2, 0.25) is 0 Å². The van der Waals surface area contributed by atoms with Gasteiger partial charge in [0.25, 0.3) is 11.8 Å². The van der Waals surface area contributed by atoms with Crippen molar-refractivity contribution in [2.24, 2.45) is 0 Å². The minimum atomic E-state index is -0.245. The van der Waals surface area contributed by atoms with Crippen LogP contribution in [-0.4, -0.2) is 18.4 Å². The van der Waals surface area contributed by atoms with Gasteiger partial charge in [-0.3, -0.25) is 9.59 Å². The number of unbranched alkanes of at least 4 members (excludes halogenated alkanes) is 1. The van der Waals surface area contributed by atoms with Crippen LogP contribution in [0.2, 0.25) is 0 Å². The average molecular weight is 471 g/mol. The van der Waals surface area contributed by atoms with E-state index in [1.165, 1.54) is 0 Å². The predicted molar refractivity (Wildman–Crippen MR) is 119 cm³/mol. The minimum Gasteiger partial charge on any atom is -0.492 e. The fourth-order valence-electron chi connectivity index (χ4n) is 2.68. The van der Waals surface area contributed by atoms with Crippen molar-refractivity contribution in [2.75, 3.05) is 11.9 Å². The van der Waals surface area contributed by atoms with Gasteiger partial charge >= 0.3 is 0 Å². The first kappa shape index (κ1) is 21.6. The van der Waals surface area contributed by atoms with Gasteiger partial charge in [-0.2, -0.15) is 0 Å². The molecule has 0 aliphatic heterocycles. The van der Waals surface area contributed by atoms with Crippen molar-refractivity contribution in [3.63, 3.8) is 0 Å². The quantitative estimate of drug-likeness (QED) is 0.410. The summed E-state index contributed by atoms with van der Waals surface area (Å²) in [6.45, 7) is 3.06. The summed E-state index contributed by atoms with van der Waals surface area (Å²) in [5.41, 5.74) is 1.60. The van der Waals surface area contributed by atoms with E-state index < -0.39 is 0 Å². The zero-order valence-corrected chi connectivity index (χ0v) is 18.2. The molecule has 1 heterocycles. The third-order valence-electron chi connectivity index (χ3n) is 4.36. The van der Waals surface area contributed by atoms with E-state index in [1.807, 2.05) is 0 Å². The van der Waals surface area contributed by atoms with Gasteiger partial charge in [0, 0.05) is 16.8 Å². The Hall–Kier alpha value is -3.06. The number of nitrogens with one attached hydrogen (secondary N) is 2. The summed E-state index contributed by atoms with van der Waals surface area (Å²) in [5, 5.41) is 5.61. The normalized spacial score (nSPS) is 10.5. The number of furan rings is 1. The van der Waals surface area contributed by atoms with E-state index in [-0.39, 0.29) is 11.8 Å². The Morgan fingerprint density at radius 3 is 2.47 bits per heavy atom. The molecule has 30 heavy (non-hydrogen) atoms. The van der Waals surface area contributed by atoms with E-state index in [0.29, 0.717) is 41.5 Å². The van der Waals surface area contributed by atoms with Gasteiger partial charge in [-0.1, -0.05) is 13.3 Å². The standard InChI is InChI=1S/C23H23BrN2O4/c1-2-3-12-30-21-11-8-17(14-20(21)24)23(28)26-18-9-6-16(7-10-18)22(27)25-15-19-5-4-13-29-19/h4-11,13-14H,2-3,12,15H2,1H3,(H,25,27)(H,26,28). The Morgan fingerprint density at radius 2 is 1.80 bits per heavy atom. The van der Waals surface area contributed by atoms with Crippen LogP contribution in [0, 0.1) is 0 Å². The molecule has 0 unspecified atom stereocenters. The molecule has 1 aromatic heterocycles. The van der Waals surface area contributed by atoms with Crippen LogP contribution in [0.25, 0.3) is 0 Å². The average Bonchev–Trinajstić information content (AvgIpc) is 3.27. The Bertz CT molecular complexity index is 985. The van der Waals surface area contributed by atoms with E-state index in [2.05, 4.69) is 33.5 Å². The van der Waals surface area contributed by atoms with Gasteiger partial charge in [-0.25, -0.2) is 0 Å². The summed E-state index contributed by atoms with van der Waals surface area (Å²) in [4.78, 5) is 24.7. The van der Waals surface area contributed by atoms with E-state index in [4.69, 9.17) is 9.15 Å². The summed E-state index contributed by atoms with van der Waals surface area (Å²) in [6, 6.07) is 15.5. The van der Waals surface area contributed by atoms with Crippen LogP contribution in [0.15, 0.2) is 69.8 Å². The molecule has 2 amide bonds. The monoisotopic (exact) mass is 470 g/mol. The molecule has 0 atom stereocenters. The van der Waals surface area contributed by atoms with Crippen LogP contribution >= 0.6 is 15.9 Å². The third kappa shape index (κ3) is 5.97. The Kier molecular flexibility index (Phi) is 7.68. The topological polar surface area (TPSA) is 80.6 Å². The van der Waals surface area contributed by atoms with Gasteiger partial charge in [0.1, 0.15) is 11.5 Å². The van der Waals surface area contributed by atoms with Crippen molar-refractivity contribution < 1.29 is 18.7 Å². The first-order valence-corrected chi connectivity index (χ1v) is 10.5. The highest BCUT2D eigenvalue weighted by atomic mass is 79.9. The highest BCUT2D eigenvalue weighted by Gasteiger charge is 2.11. The molecule has 0 saturated carbocycles. The Labute approximate surface area is 183 Å². The summed E-state index contributed by atoms with van der Waals surface area (Å²) in [7, 11) is 0. The number of anilines is 1. The van der Waals surface area contributed by atoms with Crippen molar-refractivity contribution in [1.29, 1.82) is 0 Å². The molecule has 6 nitrogen and oxygen atoms in total. The van der Waals surface area contributed by atoms with Crippen LogP contribution in [0.5, 0.6) is 5.75 Å². The first-order chi connectivity index (χ1) is 14.6. The molecular weight excluding hydrogens is 448 g/mol. The fraction of sp³-hybridized carbons (Fsp3) is 0.217. The maximum absolute atomic E-state index is 12.5. The summed E-state index contributed by atoms with van der Waals surface area (Å²) < 4.78 is 11.6. The number of carbonyl (C=O) groups excluding carboxylic acids is 2. The molecule has 0 fully saturated rings. The minimum absolute atomic E-state index is 0.216. The SMILES string of the molecule is CCCCOc1ccc(C(=O)Nc2ccc(C(=O)NCc3ccco3)cc2)cc1Br. The molecular formula is C23H23BrN2O4. The number of hydrogen-bond donors (Lipinski definition) is 2. The highest BCUT2D eigenvalue weighted by Crippen LogP contribution is 2.26. The zero-order valence-electron chi connectivity index (χ0n) is 16.6. The molecule has 3 aromatic rings. The molecule has 0 saturated heterocycles. The van der Waals surface area contributed by atoms with Gasteiger partial charge in [0.05, 0.1) is 23.9 Å². The molecule has 0 aliphatic rings. The van der Waals surface area contributed by atoms with Crippen molar-refractivity contribution in [3.8, 4) is 5.75 Å². The molecule has 0 spiro atoms. The highest BCUT2D eigenvalue weighted by molar-refractivity contribution is 9.10. The predicted octanol–water partition coefficient (Wildman–Crippen LogP) is 5.40. The lowest BCUT2D eigenvalue weighted by Crippen LogP contribution is -2.22. The van der Waals surface area contributed by atoms with Gasteiger partial charge < -0.3 is 19.8 Å². The number of ether oxygens (including phenoxy) is 1. The van der Waals surface area contributed by atoms with Crippen LogP contribution in [0.3, 0.4) is 0 Å². The zero-order chi connectivity index (χ0) is 21.3. The second-order valence-corrected chi connectivity index (χ2v) is 7.50. The fourth-order valence-corrected chi connectivity index (χ4v) is 3.17. The van der Waals surface area contributed by atoms with E-state index in [0.717, 1.165) is 17.3 Å². The van der Waals surface area contributed by atoms with E-state index in [1.54, 1.807) is 60.9 Å². The first-order valence-electron chi connectivity index (χ1n) is 9.71. The Morgan fingerprint density at radius 1 is 1.03 bits per heavy atom. The molecule has 2 N–H and O–H groups in total. The molecule has 0 radical (unpaired) electrons. The van der Waals surface area contributed by atoms with Gasteiger partial charge in [-0.15, -0.1) is 0 Å². The van der Waals surface area contributed by atoms with Gasteiger partial charge in [-0.05, 0) is 76.9 Å². The van der Waals surface area contributed by atoms with E-state index in [9.17, 15) is 9.59 Å². The van der Waals surface area contributed by atoms with Crippen LogP contribution in [0.4, 0.5) is 5.69 Å². The lowest BCUT2D eigenvalue weighted by molar-refractivity contribution is 0.0947. The smallest absolute Gasteiger partial charge is 0.255 e. The molecule has 0 bridgehead atoms. The lowest BCUT2D eigenvalue weighted by atomic mass is 10.1. The summed E-state index contributed by atoms with van der Waals surface area (Å²) in [5.74, 6) is 0.933. The van der Waals surface area contributed by atoms with E-state index >= 15 is 0 Å². The van der Waals surface area contributed by atoms with Gasteiger partial charge in [0.15, 0.2) is 0 Å². The van der Waals surface area contributed by atoms with Crippen LogP contribution in [-0.2, 0) is 6.54 Å². The second kappa shape index (κ2) is 10.6. The molecule has 2 aromatic carbocycles. The maximum Gasteiger partial charge on any atom is 0.255 e. The number of rotatable bonds is 9. The van der Waals surface area contributed by atoms with Crippen molar-refractivity contribution in [1.82, 2.24) is 5.32 Å². The summed E-state index contributed by atoms with van der Waals surface area (Å²) in [6.07, 6.45) is 3.60. The van der Waals surface area contributed by atoms with Crippen LogP contribution in [0.1, 0.15) is 46.2 Å². The number of halogens is 1. The molecule has 7 heteroatoms. The van der Waals surface area contributed by atoms with Crippen molar-refractivity contribution >= 4 is 33.4 Å². The number of carbonyl (C=O) groups is 2. The third-order valence-corrected chi connectivity index (χ3v) is 4.98. The number of amides is 2. The largest absolute Gasteiger partial charge is 0.492 e. The maximum atomic E-state index is 12.5.